The number of aromatic hydroxyl groups is 2. The maximum absolute atomic E-state index is 13.2. The summed E-state index contributed by atoms with van der Waals surface area (Å²) in [5.41, 5.74) is -0.472. The van der Waals surface area contributed by atoms with Crippen LogP contribution in [0, 0.1) is 0 Å². The summed E-state index contributed by atoms with van der Waals surface area (Å²) in [7, 11) is 1.26. The van der Waals surface area contributed by atoms with Crippen molar-refractivity contribution in [3.8, 4) is 28.6 Å². The Labute approximate surface area is 231 Å². The first-order chi connectivity index (χ1) is 19.5. The minimum atomic E-state index is -1.79. The number of hydrogen-bond donors (Lipinski definition) is 8. The predicted molar refractivity (Wildman–Crippen MR) is 137 cm³/mol. The zero-order valence-electron chi connectivity index (χ0n) is 21.6. The molecular weight excluding hydrogens is 548 g/mol. The molecule has 0 spiro atoms. The van der Waals surface area contributed by atoms with Crippen molar-refractivity contribution >= 4 is 11.0 Å². The van der Waals surface area contributed by atoms with Crippen LogP contribution >= 0.6 is 0 Å². The lowest BCUT2D eigenvalue weighted by Crippen LogP contribution is -2.60. The Morgan fingerprint density at radius 3 is 2.32 bits per heavy atom. The Balaban J connectivity index is 1.61. The van der Waals surface area contributed by atoms with Crippen molar-refractivity contribution < 1.29 is 64.2 Å². The van der Waals surface area contributed by atoms with E-state index >= 15 is 0 Å². The summed E-state index contributed by atoms with van der Waals surface area (Å²) in [5.74, 6) is -0.601. The summed E-state index contributed by atoms with van der Waals surface area (Å²) in [6.07, 6.45) is -14.4. The summed E-state index contributed by atoms with van der Waals surface area (Å²) in [6.45, 7) is -1.17. The molecule has 3 aromatic rings. The van der Waals surface area contributed by atoms with E-state index < -0.39 is 79.5 Å². The smallest absolute Gasteiger partial charge is 0.197 e. The summed E-state index contributed by atoms with van der Waals surface area (Å²) in [5, 5.41) is 82.2. The normalized spacial score (nSPS) is 32.2. The Bertz CT molecular complexity index is 1440. The van der Waals surface area contributed by atoms with Gasteiger partial charge in [-0.05, 0) is 24.3 Å². The average Bonchev–Trinajstić information content (AvgIpc) is 2.95. The molecule has 9 atom stereocenters. The third kappa shape index (κ3) is 5.25. The Hall–Kier alpha value is -3.31. The highest BCUT2D eigenvalue weighted by atomic mass is 16.7. The van der Waals surface area contributed by atoms with Crippen molar-refractivity contribution in [1.29, 1.82) is 0 Å². The molecule has 14 heteroatoms. The molecule has 0 saturated carbocycles. The summed E-state index contributed by atoms with van der Waals surface area (Å²) in [6, 6.07) is 8.31. The molecule has 222 valence electrons. The maximum atomic E-state index is 13.2. The van der Waals surface area contributed by atoms with Gasteiger partial charge < -0.3 is 64.2 Å². The van der Waals surface area contributed by atoms with Gasteiger partial charge in [0.2, 0.25) is 0 Å². The summed E-state index contributed by atoms with van der Waals surface area (Å²) >= 11 is 0. The van der Waals surface area contributed by atoms with Crippen molar-refractivity contribution in [1.82, 2.24) is 0 Å². The molecular formula is C27H30O14. The largest absolute Gasteiger partial charge is 0.508 e. The first-order valence-corrected chi connectivity index (χ1v) is 12.7. The molecule has 0 aliphatic carbocycles. The molecule has 2 saturated heterocycles. The van der Waals surface area contributed by atoms with E-state index in [-0.39, 0.29) is 33.8 Å². The molecule has 0 radical (unpaired) electrons. The highest BCUT2D eigenvalue weighted by molar-refractivity contribution is 5.88. The number of rotatable bonds is 6. The lowest BCUT2D eigenvalue weighted by molar-refractivity contribution is -0.325. The maximum Gasteiger partial charge on any atom is 0.197 e. The lowest BCUT2D eigenvalue weighted by Gasteiger charge is -2.45. The predicted octanol–water partition coefficient (Wildman–Crippen LogP) is -1.14. The van der Waals surface area contributed by atoms with E-state index in [4.69, 9.17) is 23.4 Å². The van der Waals surface area contributed by atoms with E-state index in [1.165, 1.54) is 37.4 Å². The van der Waals surface area contributed by atoms with Crippen molar-refractivity contribution in [3.05, 3.63) is 52.2 Å². The minimum Gasteiger partial charge on any atom is -0.508 e. The van der Waals surface area contributed by atoms with E-state index in [0.29, 0.717) is 5.56 Å². The van der Waals surface area contributed by atoms with Crippen LogP contribution in [0.4, 0.5) is 0 Å². The molecule has 0 amide bonds. The van der Waals surface area contributed by atoms with Crippen LogP contribution in [-0.4, -0.2) is 110 Å². The van der Waals surface area contributed by atoms with Crippen molar-refractivity contribution in [2.45, 2.75) is 55.1 Å². The van der Waals surface area contributed by atoms with Crippen LogP contribution < -0.4 is 10.2 Å². The van der Waals surface area contributed by atoms with Crippen LogP contribution in [0.1, 0.15) is 11.7 Å². The Morgan fingerprint density at radius 1 is 0.951 bits per heavy atom. The van der Waals surface area contributed by atoms with E-state index in [1.54, 1.807) is 0 Å². The molecule has 3 unspecified atom stereocenters. The van der Waals surface area contributed by atoms with Crippen LogP contribution in [0.5, 0.6) is 17.2 Å². The molecule has 2 aliphatic rings. The van der Waals surface area contributed by atoms with Gasteiger partial charge in [-0.15, -0.1) is 0 Å². The molecule has 41 heavy (non-hydrogen) atoms. The first kappa shape index (κ1) is 29.2. The van der Waals surface area contributed by atoms with Crippen molar-refractivity contribution in [2.75, 3.05) is 20.3 Å². The van der Waals surface area contributed by atoms with Crippen LogP contribution in [-0.2, 0) is 14.2 Å². The number of fused-ring (bicyclic) bond motifs is 1. The molecule has 1 aromatic heterocycles. The number of methoxy groups -OCH3 is 1. The van der Waals surface area contributed by atoms with Gasteiger partial charge in [-0.25, -0.2) is 0 Å². The van der Waals surface area contributed by atoms with E-state index in [9.17, 15) is 45.6 Å². The van der Waals surface area contributed by atoms with E-state index in [2.05, 4.69) is 0 Å². The highest BCUT2D eigenvalue weighted by Gasteiger charge is 2.50. The SMILES string of the molecule is COc1cc2oc(-c3ccc(O)cc3)cc(=O)c2c(O)c1[C@@H]1OC(CO)[C@@H](O)[C@H](O)C1O[C@@H]1OC[C@H](O)[C@H](O)C1O. The summed E-state index contributed by atoms with van der Waals surface area (Å²) < 4.78 is 28.2. The molecule has 14 nitrogen and oxygen atoms in total. The molecule has 0 bridgehead atoms. The Kier molecular flexibility index (Phi) is 8.20. The quantitative estimate of drug-likeness (QED) is 0.173. The van der Waals surface area contributed by atoms with Crippen LogP contribution in [0.2, 0.25) is 0 Å². The number of ether oxygens (including phenoxy) is 4. The van der Waals surface area contributed by atoms with Gasteiger partial charge in [-0.2, -0.15) is 0 Å². The summed E-state index contributed by atoms with van der Waals surface area (Å²) in [4.78, 5) is 13.2. The second-order valence-corrected chi connectivity index (χ2v) is 9.85. The van der Waals surface area contributed by atoms with Gasteiger partial charge in [-0.3, -0.25) is 4.79 Å². The molecule has 2 aliphatic heterocycles. The zero-order valence-corrected chi connectivity index (χ0v) is 21.6. The number of phenolic OH excluding ortho intramolecular Hbond substituents is 2. The van der Waals surface area contributed by atoms with E-state index in [1.807, 2.05) is 0 Å². The third-order valence-corrected chi connectivity index (χ3v) is 7.26. The number of aliphatic hydroxyl groups is 6. The van der Waals surface area contributed by atoms with Gasteiger partial charge in [0.25, 0.3) is 0 Å². The number of benzene rings is 2. The van der Waals surface area contributed by atoms with Crippen LogP contribution in [0.25, 0.3) is 22.3 Å². The number of phenols is 2. The number of aliphatic hydroxyl groups excluding tert-OH is 6. The molecule has 3 heterocycles. The fourth-order valence-corrected chi connectivity index (χ4v) is 5.04. The second-order valence-electron chi connectivity index (χ2n) is 9.85. The van der Waals surface area contributed by atoms with Gasteiger partial charge in [-0.1, -0.05) is 0 Å². The van der Waals surface area contributed by atoms with Gasteiger partial charge in [0.15, 0.2) is 11.7 Å². The fraction of sp³-hybridized carbons (Fsp3) is 0.444. The van der Waals surface area contributed by atoms with E-state index in [0.717, 1.165) is 6.07 Å². The van der Waals surface area contributed by atoms with Crippen LogP contribution in [0.15, 0.2) is 45.6 Å². The lowest BCUT2D eigenvalue weighted by atomic mass is 9.89. The monoisotopic (exact) mass is 578 g/mol. The van der Waals surface area contributed by atoms with Crippen molar-refractivity contribution in [2.24, 2.45) is 0 Å². The molecule has 2 fully saturated rings. The molecule has 2 aromatic carbocycles. The Morgan fingerprint density at radius 2 is 1.66 bits per heavy atom. The highest BCUT2D eigenvalue weighted by Crippen LogP contribution is 2.46. The molecule has 5 rings (SSSR count). The van der Waals surface area contributed by atoms with Gasteiger partial charge in [0, 0.05) is 17.7 Å². The average molecular weight is 579 g/mol. The first-order valence-electron chi connectivity index (χ1n) is 12.7. The third-order valence-electron chi connectivity index (χ3n) is 7.26. The molecule has 8 N–H and O–H groups in total. The second kappa shape index (κ2) is 11.5. The fourth-order valence-electron chi connectivity index (χ4n) is 5.04. The standard InChI is InChI=1S/C27H30O14/c1-37-15-7-16-18(12(30)6-14(39-16)10-2-4-11(29)5-3-10)22(34)19(15)25-26(23(35)21(33)17(8-28)40-25)41-27-24(36)20(32)13(31)9-38-27/h2-7,13,17,20-21,23-29,31-36H,8-9H2,1H3/t13-,17?,20-,21+,23-,24?,25-,26?,27-/m0/s1. The van der Waals surface area contributed by atoms with Gasteiger partial charge in [0.1, 0.15) is 82.8 Å². The zero-order chi connectivity index (χ0) is 29.6. The van der Waals surface area contributed by atoms with Crippen molar-refractivity contribution in [3.63, 3.8) is 0 Å². The van der Waals surface area contributed by atoms with Gasteiger partial charge >= 0.3 is 0 Å². The number of hydrogen-bond acceptors (Lipinski definition) is 14. The van der Waals surface area contributed by atoms with Crippen LogP contribution in [0.3, 0.4) is 0 Å². The topological polar surface area (TPSA) is 229 Å². The van der Waals surface area contributed by atoms with Gasteiger partial charge in [0.05, 0.1) is 25.9 Å². The minimum absolute atomic E-state index is 0.00965.